The molecule has 1 amide bonds. The Bertz CT molecular complexity index is 476. The van der Waals surface area contributed by atoms with Crippen LogP contribution in [0.3, 0.4) is 0 Å². The number of ether oxygens (including phenoxy) is 1. The average Bonchev–Trinajstić information content (AvgIpc) is 3.02. The molecule has 4 nitrogen and oxygen atoms in total. The van der Waals surface area contributed by atoms with Gasteiger partial charge in [0.1, 0.15) is 5.60 Å². The van der Waals surface area contributed by atoms with E-state index in [1.54, 1.807) is 11.8 Å². The molecule has 2 saturated heterocycles. The second kappa shape index (κ2) is 5.76. The Hall–Kier alpha value is -1.04. The fourth-order valence-corrected chi connectivity index (χ4v) is 3.73. The first kappa shape index (κ1) is 13.9. The van der Waals surface area contributed by atoms with E-state index in [1.807, 2.05) is 23.1 Å². The number of rotatable bonds is 2. The molecule has 0 saturated carbocycles. The third-order valence-electron chi connectivity index (χ3n) is 3.98. The average molecular weight is 292 g/mol. The fraction of sp³-hybridized carbons (Fsp3) is 0.533. The van der Waals surface area contributed by atoms with Gasteiger partial charge < -0.3 is 9.64 Å². The van der Waals surface area contributed by atoms with Gasteiger partial charge in [0.05, 0.1) is 19.2 Å². The second-order valence-electron chi connectivity index (χ2n) is 5.48. The van der Waals surface area contributed by atoms with Crippen LogP contribution >= 0.6 is 11.8 Å². The molecule has 1 aromatic rings. The van der Waals surface area contributed by atoms with Gasteiger partial charge in [0.15, 0.2) is 0 Å². The first-order chi connectivity index (χ1) is 9.69. The third-order valence-corrected chi connectivity index (χ3v) is 4.92. The Morgan fingerprint density at radius 1 is 1.45 bits per heavy atom. The van der Waals surface area contributed by atoms with E-state index in [4.69, 9.17) is 4.74 Å². The molecule has 5 heteroatoms. The van der Waals surface area contributed by atoms with Gasteiger partial charge >= 0.3 is 0 Å². The van der Waals surface area contributed by atoms with Crippen LogP contribution < -0.4 is 5.32 Å². The number of benzene rings is 1. The number of carbonyl (C=O) groups excluding carboxylic acids is 1. The van der Waals surface area contributed by atoms with Gasteiger partial charge in [0.25, 0.3) is 0 Å². The highest BCUT2D eigenvalue weighted by Crippen LogP contribution is 2.29. The van der Waals surface area contributed by atoms with Gasteiger partial charge in [-0.25, -0.2) is 0 Å². The van der Waals surface area contributed by atoms with E-state index in [2.05, 4.69) is 24.4 Å². The predicted molar refractivity (Wildman–Crippen MR) is 80.6 cm³/mol. The zero-order valence-electron chi connectivity index (χ0n) is 11.7. The number of morpholine rings is 1. The zero-order chi connectivity index (χ0) is 14.0. The molecule has 0 bridgehead atoms. The van der Waals surface area contributed by atoms with Crippen molar-refractivity contribution in [2.75, 3.05) is 31.3 Å². The van der Waals surface area contributed by atoms with Gasteiger partial charge in [0.2, 0.25) is 5.91 Å². The normalized spacial score (nSPS) is 30.4. The summed E-state index contributed by atoms with van der Waals surface area (Å²) in [6, 6.07) is 10.1. The van der Waals surface area contributed by atoms with Crippen LogP contribution in [0.2, 0.25) is 0 Å². The minimum absolute atomic E-state index is 0.0295. The predicted octanol–water partition coefficient (Wildman–Crippen LogP) is 1.42. The summed E-state index contributed by atoms with van der Waals surface area (Å²) < 4.78 is 5.98. The van der Waals surface area contributed by atoms with E-state index >= 15 is 0 Å². The number of thioether (sulfide) groups is 1. The highest BCUT2D eigenvalue weighted by Gasteiger charge is 2.38. The Kier molecular flexibility index (Phi) is 4.01. The Morgan fingerprint density at radius 2 is 2.25 bits per heavy atom. The van der Waals surface area contributed by atoms with Crippen molar-refractivity contribution in [3.63, 3.8) is 0 Å². The molecule has 2 fully saturated rings. The molecule has 20 heavy (non-hydrogen) atoms. The van der Waals surface area contributed by atoms with Crippen LogP contribution in [-0.2, 0) is 15.1 Å². The van der Waals surface area contributed by atoms with Crippen LogP contribution in [0.25, 0.3) is 0 Å². The molecule has 0 aliphatic carbocycles. The first-order valence-electron chi connectivity index (χ1n) is 6.98. The van der Waals surface area contributed by atoms with Crippen molar-refractivity contribution >= 4 is 17.7 Å². The first-order valence-corrected chi connectivity index (χ1v) is 8.14. The third kappa shape index (κ3) is 2.71. The van der Waals surface area contributed by atoms with Crippen LogP contribution in [0.5, 0.6) is 0 Å². The highest BCUT2D eigenvalue weighted by molar-refractivity contribution is 7.99. The van der Waals surface area contributed by atoms with E-state index in [0.29, 0.717) is 19.7 Å². The minimum Gasteiger partial charge on any atom is -0.367 e. The number of amides is 1. The zero-order valence-corrected chi connectivity index (χ0v) is 12.5. The number of carbonyl (C=O) groups is 1. The monoisotopic (exact) mass is 292 g/mol. The quantitative estimate of drug-likeness (QED) is 0.895. The lowest BCUT2D eigenvalue weighted by Crippen LogP contribution is -2.54. The summed E-state index contributed by atoms with van der Waals surface area (Å²) in [6.07, 6.45) is 0. The van der Waals surface area contributed by atoms with E-state index in [0.717, 1.165) is 17.2 Å². The summed E-state index contributed by atoms with van der Waals surface area (Å²) in [7, 11) is 0. The maximum atomic E-state index is 12.5. The van der Waals surface area contributed by atoms with E-state index in [-0.39, 0.29) is 11.9 Å². The van der Waals surface area contributed by atoms with Crippen molar-refractivity contribution in [2.45, 2.75) is 18.6 Å². The number of hydrogen-bond donors (Lipinski definition) is 1. The molecular weight excluding hydrogens is 272 g/mol. The van der Waals surface area contributed by atoms with Crippen molar-refractivity contribution in [2.24, 2.45) is 0 Å². The van der Waals surface area contributed by atoms with Gasteiger partial charge in [0, 0.05) is 18.2 Å². The van der Waals surface area contributed by atoms with Crippen molar-refractivity contribution in [1.29, 1.82) is 0 Å². The lowest BCUT2D eigenvalue weighted by atomic mass is 9.93. The van der Waals surface area contributed by atoms with Crippen LogP contribution in [0, 0.1) is 0 Å². The minimum atomic E-state index is -0.402. The van der Waals surface area contributed by atoms with Gasteiger partial charge in [-0.05, 0) is 12.5 Å². The summed E-state index contributed by atoms with van der Waals surface area (Å²) in [5.41, 5.74) is 0.729. The maximum absolute atomic E-state index is 12.5. The Morgan fingerprint density at radius 3 is 2.95 bits per heavy atom. The number of nitrogens with one attached hydrogen (secondary N) is 1. The summed E-state index contributed by atoms with van der Waals surface area (Å²) in [5.74, 6) is 1.95. The fourth-order valence-electron chi connectivity index (χ4n) is 2.80. The second-order valence-corrected chi connectivity index (χ2v) is 6.51. The molecule has 108 valence electrons. The van der Waals surface area contributed by atoms with Crippen molar-refractivity contribution in [3.8, 4) is 0 Å². The lowest BCUT2D eigenvalue weighted by Gasteiger charge is -2.41. The molecule has 0 spiro atoms. The SMILES string of the molecule is C[C@@]1(c2ccccc2)CN(C(=O)[C@H]2CSCN2)CCO1. The maximum Gasteiger partial charge on any atom is 0.240 e. The lowest BCUT2D eigenvalue weighted by molar-refractivity contribution is -0.151. The molecule has 3 rings (SSSR count). The van der Waals surface area contributed by atoms with Gasteiger partial charge in [-0.2, -0.15) is 0 Å². The van der Waals surface area contributed by atoms with Gasteiger partial charge in [-0.1, -0.05) is 30.3 Å². The van der Waals surface area contributed by atoms with Crippen molar-refractivity contribution < 1.29 is 9.53 Å². The molecule has 2 aliphatic heterocycles. The molecule has 2 atom stereocenters. The Labute approximate surface area is 123 Å². The van der Waals surface area contributed by atoms with Crippen molar-refractivity contribution in [1.82, 2.24) is 10.2 Å². The molecule has 1 N–H and O–H groups in total. The molecule has 0 aromatic heterocycles. The largest absolute Gasteiger partial charge is 0.367 e. The number of nitrogens with zero attached hydrogens (tertiary/aromatic N) is 1. The van der Waals surface area contributed by atoms with E-state index in [9.17, 15) is 4.79 Å². The highest BCUT2D eigenvalue weighted by atomic mass is 32.2. The van der Waals surface area contributed by atoms with Crippen LogP contribution in [0.1, 0.15) is 12.5 Å². The van der Waals surface area contributed by atoms with Crippen molar-refractivity contribution in [3.05, 3.63) is 35.9 Å². The molecule has 0 unspecified atom stereocenters. The van der Waals surface area contributed by atoms with Gasteiger partial charge in [-0.3, -0.25) is 10.1 Å². The van der Waals surface area contributed by atoms with E-state index < -0.39 is 5.60 Å². The van der Waals surface area contributed by atoms with Crippen LogP contribution in [-0.4, -0.2) is 48.2 Å². The van der Waals surface area contributed by atoms with Gasteiger partial charge in [-0.15, -0.1) is 11.8 Å². The summed E-state index contributed by atoms with van der Waals surface area (Å²) in [5, 5.41) is 3.25. The molecule has 2 aliphatic rings. The molecule has 1 aromatic carbocycles. The van der Waals surface area contributed by atoms with E-state index in [1.165, 1.54) is 0 Å². The standard InChI is InChI=1S/C15H20N2O2S/c1-15(12-5-3-2-4-6-12)10-17(7-8-19-15)14(18)13-9-20-11-16-13/h2-6,13,16H,7-11H2,1H3/t13-,15+/m1/s1. The molecular formula is C15H20N2O2S. The summed E-state index contributed by atoms with van der Waals surface area (Å²) in [6.45, 7) is 3.97. The Balaban J connectivity index is 1.74. The molecule has 0 radical (unpaired) electrons. The molecule has 2 heterocycles. The summed E-state index contributed by atoms with van der Waals surface area (Å²) in [4.78, 5) is 14.5. The van der Waals surface area contributed by atoms with Crippen LogP contribution in [0.4, 0.5) is 0 Å². The number of hydrogen-bond acceptors (Lipinski definition) is 4. The van der Waals surface area contributed by atoms with Crippen LogP contribution in [0.15, 0.2) is 30.3 Å². The topological polar surface area (TPSA) is 41.6 Å². The smallest absolute Gasteiger partial charge is 0.240 e. The summed E-state index contributed by atoms with van der Waals surface area (Å²) >= 11 is 1.78.